The maximum Gasteiger partial charge on any atom is 0.228 e. The molecule has 2 aromatic heterocycles. The molecule has 11 heteroatoms. The van der Waals surface area contributed by atoms with Crippen molar-refractivity contribution in [2.75, 3.05) is 45.4 Å². The van der Waals surface area contributed by atoms with E-state index in [9.17, 15) is 0 Å². The first-order valence-corrected chi connectivity index (χ1v) is 14.6. The fourth-order valence-electron chi connectivity index (χ4n) is 5.62. The molecule has 2 atom stereocenters. The molecule has 3 saturated heterocycles. The summed E-state index contributed by atoms with van der Waals surface area (Å²) in [5.41, 5.74) is 2.78. The van der Waals surface area contributed by atoms with Crippen LogP contribution in [0, 0.1) is 0 Å². The van der Waals surface area contributed by atoms with Crippen molar-refractivity contribution < 1.29 is 18.9 Å². The highest BCUT2D eigenvalue weighted by Crippen LogP contribution is 2.32. The van der Waals surface area contributed by atoms with Crippen molar-refractivity contribution in [3.63, 3.8) is 0 Å². The zero-order valence-electron chi connectivity index (χ0n) is 23.4. The summed E-state index contributed by atoms with van der Waals surface area (Å²) in [6.45, 7) is 3.38. The lowest BCUT2D eigenvalue weighted by atomic mass is 9.99. The summed E-state index contributed by atoms with van der Waals surface area (Å²) in [7, 11) is 1.94. The first kappa shape index (κ1) is 26.4. The van der Waals surface area contributed by atoms with Gasteiger partial charge in [-0.15, -0.1) is 5.10 Å². The molecule has 0 radical (unpaired) electrons. The minimum absolute atomic E-state index is 0.00241. The van der Waals surface area contributed by atoms with Crippen LogP contribution < -0.4 is 15.4 Å². The molecule has 0 saturated carbocycles. The van der Waals surface area contributed by atoms with Gasteiger partial charge in [-0.1, -0.05) is 0 Å². The normalized spacial score (nSPS) is 22.4. The molecule has 2 unspecified atom stereocenters. The molecule has 0 bridgehead atoms. The van der Waals surface area contributed by atoms with E-state index >= 15 is 0 Å². The summed E-state index contributed by atoms with van der Waals surface area (Å²) in [6, 6.07) is 14.2. The molecule has 2 aromatic carbocycles. The summed E-state index contributed by atoms with van der Waals surface area (Å²) < 4.78 is 27.3. The van der Waals surface area contributed by atoms with Crippen molar-refractivity contribution in [2.24, 2.45) is 0 Å². The average Bonchev–Trinajstić information content (AvgIpc) is 3.62. The van der Waals surface area contributed by atoms with Gasteiger partial charge in [0.25, 0.3) is 0 Å². The zero-order valence-corrected chi connectivity index (χ0v) is 23.4. The number of benzene rings is 2. The zero-order chi connectivity index (χ0) is 27.6. The molecule has 0 spiro atoms. The fraction of sp³-hybridized carbons (Fsp3) is 0.500. The van der Waals surface area contributed by atoms with Crippen LogP contribution in [-0.4, -0.2) is 70.2 Å². The molecule has 2 N–H and O–H groups in total. The largest absolute Gasteiger partial charge is 0.491 e. The monoisotopic (exact) mass is 559 g/mol. The van der Waals surface area contributed by atoms with Crippen LogP contribution in [0.1, 0.15) is 51.0 Å². The lowest BCUT2D eigenvalue weighted by molar-refractivity contribution is -0.0891. The first-order chi connectivity index (χ1) is 20.2. The third-order valence-corrected chi connectivity index (χ3v) is 8.25. The molecule has 7 rings (SSSR count). The third kappa shape index (κ3) is 5.42. The van der Waals surface area contributed by atoms with E-state index in [1.54, 1.807) is 0 Å². The molecular formula is C30H37N7O4. The van der Waals surface area contributed by atoms with Gasteiger partial charge in [0.05, 0.1) is 30.5 Å². The van der Waals surface area contributed by atoms with E-state index in [0.717, 1.165) is 79.6 Å². The standard InChI is InChI=1S/C30H37N7O4/c1-31-30(18-38-19-30)20-41-24-11-8-21(9-12-24)28-34-29(37(35-28)27-7-3-5-15-40-27)33-23-10-13-25-22(16-23)17-32-36(25)26-6-2-4-14-39-26/h8-13,16-17,26-27,31H,2-7,14-15,18-20H2,1H3,(H,33,34,35). The van der Waals surface area contributed by atoms with Crippen molar-refractivity contribution in [2.45, 2.75) is 56.5 Å². The topological polar surface area (TPSA) is 110 Å². The Morgan fingerprint density at radius 2 is 1.71 bits per heavy atom. The van der Waals surface area contributed by atoms with Gasteiger partial charge in [-0.25, -0.2) is 9.36 Å². The van der Waals surface area contributed by atoms with Gasteiger partial charge < -0.3 is 29.6 Å². The van der Waals surface area contributed by atoms with Gasteiger partial charge in [-0.2, -0.15) is 10.1 Å². The molecule has 41 heavy (non-hydrogen) atoms. The molecule has 3 fully saturated rings. The van der Waals surface area contributed by atoms with Gasteiger partial charge in [0.2, 0.25) is 5.95 Å². The summed E-state index contributed by atoms with van der Waals surface area (Å²) >= 11 is 0. The number of ether oxygens (including phenoxy) is 4. The molecule has 216 valence electrons. The molecule has 4 aromatic rings. The third-order valence-electron chi connectivity index (χ3n) is 8.25. The van der Waals surface area contributed by atoms with Gasteiger partial charge in [0.15, 0.2) is 18.3 Å². The number of aromatic nitrogens is 5. The molecule has 5 heterocycles. The van der Waals surface area contributed by atoms with Crippen LogP contribution in [0.4, 0.5) is 11.6 Å². The number of anilines is 2. The summed E-state index contributed by atoms with van der Waals surface area (Å²) in [6.07, 6.45) is 8.07. The van der Waals surface area contributed by atoms with Crippen LogP contribution in [0.25, 0.3) is 22.3 Å². The molecule has 0 amide bonds. The maximum atomic E-state index is 6.10. The number of hydrogen-bond donors (Lipinski definition) is 2. The van der Waals surface area contributed by atoms with Gasteiger partial charge >= 0.3 is 0 Å². The van der Waals surface area contributed by atoms with E-state index in [4.69, 9.17) is 29.0 Å². The van der Waals surface area contributed by atoms with Crippen LogP contribution in [0.2, 0.25) is 0 Å². The van der Waals surface area contributed by atoms with Crippen LogP contribution >= 0.6 is 0 Å². The Morgan fingerprint density at radius 1 is 0.951 bits per heavy atom. The van der Waals surface area contributed by atoms with Crippen LogP contribution in [-0.2, 0) is 14.2 Å². The van der Waals surface area contributed by atoms with Crippen LogP contribution in [0.5, 0.6) is 5.75 Å². The van der Waals surface area contributed by atoms with E-state index < -0.39 is 0 Å². The Bertz CT molecular complexity index is 1460. The second-order valence-electron chi connectivity index (χ2n) is 11.2. The molecule has 0 aliphatic carbocycles. The summed E-state index contributed by atoms with van der Waals surface area (Å²) in [5, 5.41) is 17.4. The number of rotatable bonds is 9. The van der Waals surface area contributed by atoms with Crippen molar-refractivity contribution in [1.82, 2.24) is 29.9 Å². The highest BCUT2D eigenvalue weighted by atomic mass is 16.5. The number of likely N-dealkylation sites (N-methyl/N-ethyl adjacent to an activating group) is 1. The Morgan fingerprint density at radius 3 is 2.37 bits per heavy atom. The Kier molecular flexibility index (Phi) is 7.34. The molecular weight excluding hydrogens is 522 g/mol. The number of nitrogens with one attached hydrogen (secondary N) is 2. The Hall–Kier alpha value is -3.51. The minimum Gasteiger partial charge on any atom is -0.491 e. The summed E-state index contributed by atoms with van der Waals surface area (Å²) in [5.74, 6) is 2.09. The van der Waals surface area contributed by atoms with Crippen molar-refractivity contribution in [3.8, 4) is 17.1 Å². The Balaban J connectivity index is 1.12. The van der Waals surface area contributed by atoms with E-state index in [-0.39, 0.29) is 18.0 Å². The molecule has 3 aliphatic rings. The van der Waals surface area contributed by atoms with E-state index in [2.05, 4.69) is 33.9 Å². The van der Waals surface area contributed by atoms with Crippen molar-refractivity contribution >= 4 is 22.5 Å². The number of fused-ring (bicyclic) bond motifs is 1. The lowest BCUT2D eigenvalue weighted by Gasteiger charge is -2.40. The van der Waals surface area contributed by atoms with E-state index in [1.165, 1.54) is 0 Å². The van der Waals surface area contributed by atoms with Gasteiger partial charge in [0, 0.05) is 29.9 Å². The number of hydrogen-bond acceptors (Lipinski definition) is 9. The minimum atomic E-state index is -0.160. The van der Waals surface area contributed by atoms with Crippen molar-refractivity contribution in [3.05, 3.63) is 48.7 Å². The van der Waals surface area contributed by atoms with Gasteiger partial charge in [0.1, 0.15) is 12.4 Å². The highest BCUT2D eigenvalue weighted by Gasteiger charge is 2.38. The second kappa shape index (κ2) is 11.4. The quantitative estimate of drug-likeness (QED) is 0.299. The summed E-state index contributed by atoms with van der Waals surface area (Å²) in [4.78, 5) is 4.91. The van der Waals surface area contributed by atoms with Gasteiger partial charge in [-0.3, -0.25) is 0 Å². The van der Waals surface area contributed by atoms with Gasteiger partial charge in [-0.05, 0) is 88.0 Å². The lowest BCUT2D eigenvalue weighted by Crippen LogP contribution is -2.62. The maximum absolute atomic E-state index is 6.10. The van der Waals surface area contributed by atoms with Crippen LogP contribution in [0.3, 0.4) is 0 Å². The first-order valence-electron chi connectivity index (χ1n) is 14.6. The number of nitrogens with zero attached hydrogens (tertiary/aromatic N) is 5. The highest BCUT2D eigenvalue weighted by molar-refractivity contribution is 5.83. The second-order valence-corrected chi connectivity index (χ2v) is 11.2. The smallest absolute Gasteiger partial charge is 0.228 e. The van der Waals surface area contributed by atoms with Crippen LogP contribution in [0.15, 0.2) is 48.7 Å². The SMILES string of the molecule is CNC1(COc2ccc(-c3nc(Nc4ccc5c(cnn5C5CCCCO5)c4)n(C4CCCCO4)n3)cc2)COC1. The Labute approximate surface area is 239 Å². The predicted octanol–water partition coefficient (Wildman–Crippen LogP) is 4.80. The predicted molar refractivity (Wildman–Crippen MR) is 154 cm³/mol. The fourth-order valence-corrected chi connectivity index (χ4v) is 5.62. The van der Waals surface area contributed by atoms with Crippen molar-refractivity contribution in [1.29, 1.82) is 0 Å². The molecule has 3 aliphatic heterocycles. The average molecular weight is 560 g/mol. The van der Waals surface area contributed by atoms with E-state index in [1.807, 2.05) is 46.9 Å². The molecule has 11 nitrogen and oxygen atoms in total. The van der Waals surface area contributed by atoms with E-state index in [0.29, 0.717) is 31.6 Å².